The maximum Gasteiger partial charge on any atom is 0.433 e. The van der Waals surface area contributed by atoms with E-state index in [9.17, 15) is 9.59 Å². The molecule has 1 fully saturated rings. The van der Waals surface area contributed by atoms with E-state index in [1.165, 1.54) is 18.8 Å². The summed E-state index contributed by atoms with van der Waals surface area (Å²) < 4.78 is 0. The molecule has 2 amide bonds. The number of carbonyl (C=O) groups is 2. The number of thioether (sulfide) groups is 1. The van der Waals surface area contributed by atoms with Gasteiger partial charge in [-0.15, -0.1) is 0 Å². The summed E-state index contributed by atoms with van der Waals surface area (Å²) in [5, 5.41) is 5.89. The zero-order chi connectivity index (χ0) is 10.6. The van der Waals surface area contributed by atoms with E-state index in [2.05, 4.69) is 15.3 Å². The Morgan fingerprint density at radius 2 is 2.50 bits per heavy atom. The van der Waals surface area contributed by atoms with Crippen LogP contribution in [0.5, 0.6) is 0 Å². The molecule has 7 heteroatoms. The molecule has 6 nitrogen and oxygen atoms in total. The number of hydrogen-bond donors (Lipinski definition) is 1. The van der Waals surface area contributed by atoms with Crippen LogP contribution in [0.1, 0.15) is 6.92 Å². The molecule has 0 atom stereocenters. The molecule has 1 saturated heterocycles. The fraction of sp³-hybridized carbons (Fsp3) is 0.571. The van der Waals surface area contributed by atoms with Gasteiger partial charge in [-0.05, 0) is 6.92 Å². The van der Waals surface area contributed by atoms with Crippen molar-refractivity contribution in [3.63, 3.8) is 0 Å². The highest BCUT2D eigenvalue weighted by molar-refractivity contribution is 8.16. The van der Waals surface area contributed by atoms with E-state index >= 15 is 0 Å². The highest BCUT2D eigenvalue weighted by Crippen LogP contribution is 2.18. The second-order valence-corrected chi connectivity index (χ2v) is 3.39. The molecule has 14 heavy (non-hydrogen) atoms. The minimum atomic E-state index is -0.680. The summed E-state index contributed by atoms with van der Waals surface area (Å²) in [6, 6.07) is 0. The summed E-state index contributed by atoms with van der Waals surface area (Å²) in [5.74, 6) is 0.368. The number of carbonyl (C=O) groups excluding carboxylic acids is 2. The second-order valence-electron chi connectivity index (χ2n) is 2.46. The lowest BCUT2D eigenvalue weighted by molar-refractivity contribution is -0.122. The zero-order valence-corrected chi connectivity index (χ0v) is 8.76. The predicted molar refractivity (Wildman–Crippen MR) is 52.8 cm³/mol. The van der Waals surface area contributed by atoms with Crippen molar-refractivity contribution in [2.24, 2.45) is 5.16 Å². The quantitative estimate of drug-likeness (QED) is 0.530. The first-order valence-electron chi connectivity index (χ1n) is 4.07. The molecule has 1 N–H and O–H groups in total. The first kappa shape index (κ1) is 10.8. The van der Waals surface area contributed by atoms with Gasteiger partial charge in [0.1, 0.15) is 0 Å². The van der Waals surface area contributed by atoms with Gasteiger partial charge in [0.25, 0.3) is 5.91 Å². The number of hydrogen-bond acceptors (Lipinski definition) is 5. The first-order chi connectivity index (χ1) is 6.69. The zero-order valence-electron chi connectivity index (χ0n) is 7.94. The van der Waals surface area contributed by atoms with Crippen LogP contribution in [-0.2, 0) is 9.63 Å². The molecule has 78 valence electrons. The summed E-state index contributed by atoms with van der Waals surface area (Å²) in [6.45, 7) is 2.51. The fourth-order valence-corrected chi connectivity index (χ4v) is 1.74. The van der Waals surface area contributed by atoms with Crippen molar-refractivity contribution in [3.05, 3.63) is 0 Å². The fourth-order valence-electron chi connectivity index (χ4n) is 0.824. The van der Waals surface area contributed by atoms with Gasteiger partial charge < -0.3 is 10.2 Å². The number of nitrogens with zero attached hydrogens (tertiary/aromatic N) is 2. The van der Waals surface area contributed by atoms with E-state index in [0.29, 0.717) is 12.4 Å². The van der Waals surface area contributed by atoms with Crippen LogP contribution in [-0.4, -0.2) is 41.4 Å². The van der Waals surface area contributed by atoms with Gasteiger partial charge in [-0.2, -0.15) is 0 Å². The van der Waals surface area contributed by atoms with Crippen molar-refractivity contribution in [2.75, 3.05) is 19.5 Å². The molecule has 1 aliphatic heterocycles. The minimum Gasteiger partial charge on any atom is -0.327 e. The van der Waals surface area contributed by atoms with Crippen molar-refractivity contribution in [1.82, 2.24) is 10.2 Å². The number of amides is 2. The van der Waals surface area contributed by atoms with Crippen molar-refractivity contribution >= 4 is 28.8 Å². The lowest BCUT2D eigenvalue weighted by atomic mass is 10.5. The third-order valence-corrected chi connectivity index (χ3v) is 2.59. The highest BCUT2D eigenvalue weighted by atomic mass is 32.2. The van der Waals surface area contributed by atoms with E-state index in [-0.39, 0.29) is 11.0 Å². The van der Waals surface area contributed by atoms with Crippen LogP contribution in [0, 0.1) is 0 Å². The Kier molecular flexibility index (Phi) is 3.75. The van der Waals surface area contributed by atoms with Crippen LogP contribution in [0.2, 0.25) is 0 Å². The van der Waals surface area contributed by atoms with Crippen molar-refractivity contribution in [1.29, 1.82) is 0 Å². The molecule has 0 bridgehead atoms. The Labute approximate surface area is 85.6 Å². The molecule has 0 radical (unpaired) electrons. The predicted octanol–water partition coefficient (Wildman–Crippen LogP) is 0.209. The van der Waals surface area contributed by atoms with E-state index in [1.807, 2.05) is 6.92 Å². The first-order valence-corrected chi connectivity index (χ1v) is 5.06. The maximum absolute atomic E-state index is 11.4. The Morgan fingerprint density at radius 3 is 3.00 bits per heavy atom. The standard InChI is InChI=1S/C7H11N3O3S/c1-3-10-4-14-5(6(10)11)9-13-7(12)8-2/h3-4H2,1-2H3,(H,8,12)/b9-5-. The number of oxime groups is 1. The Bertz CT molecular complexity index is 279. The molecule has 0 unspecified atom stereocenters. The van der Waals surface area contributed by atoms with E-state index in [0.717, 1.165) is 0 Å². The van der Waals surface area contributed by atoms with Crippen LogP contribution in [0.3, 0.4) is 0 Å². The lowest BCUT2D eigenvalue weighted by Gasteiger charge is -2.08. The number of rotatable bonds is 2. The molecule has 1 aliphatic rings. The summed E-state index contributed by atoms with van der Waals surface area (Å²) in [6.07, 6.45) is -0.680. The van der Waals surface area contributed by atoms with Gasteiger partial charge in [-0.3, -0.25) is 9.63 Å². The van der Waals surface area contributed by atoms with Gasteiger partial charge in [0, 0.05) is 13.6 Å². The molecule has 0 saturated carbocycles. The van der Waals surface area contributed by atoms with E-state index < -0.39 is 6.09 Å². The summed E-state index contributed by atoms with van der Waals surface area (Å²) in [7, 11) is 1.42. The van der Waals surface area contributed by atoms with Crippen molar-refractivity contribution < 1.29 is 14.4 Å². The van der Waals surface area contributed by atoms with E-state index in [1.54, 1.807) is 4.90 Å². The van der Waals surface area contributed by atoms with Gasteiger partial charge in [-0.25, -0.2) is 4.79 Å². The second kappa shape index (κ2) is 4.85. The third-order valence-electron chi connectivity index (χ3n) is 1.62. The third kappa shape index (κ3) is 2.38. The molecule has 1 rings (SSSR count). The molecule has 0 spiro atoms. The SMILES string of the molecule is CCN1CS/C(=N\OC(=O)NC)C1=O. The van der Waals surface area contributed by atoms with Crippen LogP contribution in [0.4, 0.5) is 4.79 Å². The Morgan fingerprint density at radius 1 is 1.79 bits per heavy atom. The molecule has 0 aliphatic carbocycles. The number of nitrogens with one attached hydrogen (secondary N) is 1. The van der Waals surface area contributed by atoms with Crippen molar-refractivity contribution in [3.8, 4) is 0 Å². The average Bonchev–Trinajstić information content (AvgIpc) is 2.56. The van der Waals surface area contributed by atoms with Gasteiger partial charge >= 0.3 is 6.09 Å². The van der Waals surface area contributed by atoms with Crippen molar-refractivity contribution in [2.45, 2.75) is 6.92 Å². The van der Waals surface area contributed by atoms with Crippen LogP contribution >= 0.6 is 11.8 Å². The normalized spacial score (nSPS) is 18.9. The topological polar surface area (TPSA) is 71.0 Å². The highest BCUT2D eigenvalue weighted by Gasteiger charge is 2.28. The molecule has 0 aromatic rings. The Balaban J connectivity index is 2.54. The van der Waals surface area contributed by atoms with Crippen LogP contribution in [0.25, 0.3) is 0 Å². The molecular formula is C7H11N3O3S. The van der Waals surface area contributed by atoms with Crippen LogP contribution < -0.4 is 5.32 Å². The van der Waals surface area contributed by atoms with Gasteiger partial charge in [0.2, 0.25) is 5.04 Å². The summed E-state index contributed by atoms with van der Waals surface area (Å²) in [4.78, 5) is 28.1. The smallest absolute Gasteiger partial charge is 0.327 e. The molecule has 0 aromatic heterocycles. The molecule has 0 aromatic carbocycles. The minimum absolute atomic E-state index is 0.193. The Hall–Kier alpha value is -1.24. The monoisotopic (exact) mass is 217 g/mol. The lowest BCUT2D eigenvalue weighted by Crippen LogP contribution is -2.27. The summed E-state index contributed by atoms with van der Waals surface area (Å²) in [5.41, 5.74) is 0. The van der Waals surface area contributed by atoms with Gasteiger partial charge in [0.05, 0.1) is 5.88 Å². The van der Waals surface area contributed by atoms with E-state index in [4.69, 9.17) is 0 Å². The van der Waals surface area contributed by atoms with Gasteiger partial charge in [-0.1, -0.05) is 16.9 Å². The van der Waals surface area contributed by atoms with Crippen LogP contribution in [0.15, 0.2) is 5.16 Å². The summed E-state index contributed by atoms with van der Waals surface area (Å²) >= 11 is 1.26. The van der Waals surface area contributed by atoms with Gasteiger partial charge in [0.15, 0.2) is 0 Å². The largest absolute Gasteiger partial charge is 0.433 e. The molecular weight excluding hydrogens is 206 g/mol. The maximum atomic E-state index is 11.4. The molecule has 1 heterocycles. The average molecular weight is 217 g/mol.